The van der Waals surface area contributed by atoms with E-state index in [1.807, 2.05) is 0 Å². The molecule has 19 heavy (non-hydrogen) atoms. The van der Waals surface area contributed by atoms with Gasteiger partial charge in [-0.3, -0.25) is 0 Å². The van der Waals surface area contributed by atoms with E-state index < -0.39 is 5.97 Å². The number of esters is 1. The van der Waals surface area contributed by atoms with Crippen molar-refractivity contribution in [2.75, 3.05) is 51.6 Å². The molecule has 0 radical (unpaired) electrons. The van der Waals surface area contributed by atoms with Crippen LogP contribution in [0.15, 0.2) is 18.2 Å². The van der Waals surface area contributed by atoms with Crippen LogP contribution >= 0.6 is 0 Å². The number of ether oxygens (including phenoxy) is 3. The zero-order valence-electron chi connectivity index (χ0n) is 11.3. The normalized spacial score (nSPS) is 10.2. The fourth-order valence-corrected chi connectivity index (χ4v) is 1.50. The molecule has 0 atom stereocenters. The number of nitrogens with two attached hydrogens (primary N) is 1. The van der Waals surface area contributed by atoms with Crippen LogP contribution in [0.2, 0.25) is 0 Å². The standard InChI is InChI=1S/C13H20N2O4/c1-17-7-8-19-6-5-15-12-4-3-10(14)9-11(12)13(16)18-2/h3-4,9,15H,5-8,14H2,1-2H3. The summed E-state index contributed by atoms with van der Waals surface area (Å²) < 4.78 is 14.9. The van der Waals surface area contributed by atoms with Gasteiger partial charge < -0.3 is 25.3 Å². The fourth-order valence-electron chi connectivity index (χ4n) is 1.50. The third-order valence-corrected chi connectivity index (χ3v) is 2.44. The summed E-state index contributed by atoms with van der Waals surface area (Å²) in [5, 5.41) is 3.11. The Kier molecular flexibility index (Phi) is 6.70. The molecular formula is C13H20N2O4. The first kappa shape index (κ1) is 15.3. The number of carbonyl (C=O) groups is 1. The summed E-state index contributed by atoms with van der Waals surface area (Å²) in [6.07, 6.45) is 0. The predicted octanol–water partition coefficient (Wildman–Crippen LogP) is 1.13. The topological polar surface area (TPSA) is 82.8 Å². The molecule has 0 aliphatic carbocycles. The molecule has 6 nitrogen and oxygen atoms in total. The predicted molar refractivity (Wildman–Crippen MR) is 73.4 cm³/mol. The zero-order chi connectivity index (χ0) is 14.1. The number of anilines is 2. The van der Waals surface area contributed by atoms with Gasteiger partial charge in [0, 0.05) is 25.0 Å². The van der Waals surface area contributed by atoms with Gasteiger partial charge in [-0.1, -0.05) is 0 Å². The van der Waals surface area contributed by atoms with Crippen molar-refractivity contribution in [1.29, 1.82) is 0 Å². The lowest BCUT2D eigenvalue weighted by Crippen LogP contribution is -2.14. The van der Waals surface area contributed by atoms with Gasteiger partial charge in [-0.2, -0.15) is 0 Å². The third kappa shape index (κ3) is 5.15. The fraction of sp³-hybridized carbons (Fsp3) is 0.462. The largest absolute Gasteiger partial charge is 0.465 e. The summed E-state index contributed by atoms with van der Waals surface area (Å²) in [6, 6.07) is 5.05. The molecule has 0 aromatic heterocycles. The van der Waals surface area contributed by atoms with Gasteiger partial charge in [0.05, 0.1) is 32.5 Å². The van der Waals surface area contributed by atoms with Gasteiger partial charge in [-0.25, -0.2) is 4.79 Å². The monoisotopic (exact) mass is 268 g/mol. The van der Waals surface area contributed by atoms with Crippen LogP contribution in [0.1, 0.15) is 10.4 Å². The van der Waals surface area contributed by atoms with Crippen molar-refractivity contribution in [3.8, 4) is 0 Å². The minimum Gasteiger partial charge on any atom is -0.465 e. The first-order valence-electron chi connectivity index (χ1n) is 5.97. The molecule has 0 aliphatic heterocycles. The Morgan fingerprint density at radius 3 is 2.74 bits per heavy atom. The van der Waals surface area contributed by atoms with Crippen LogP contribution in [0, 0.1) is 0 Å². The van der Waals surface area contributed by atoms with Crippen LogP contribution in [-0.4, -0.2) is 46.6 Å². The molecule has 106 valence electrons. The van der Waals surface area contributed by atoms with Gasteiger partial charge >= 0.3 is 5.97 Å². The maximum atomic E-state index is 11.6. The van der Waals surface area contributed by atoms with Crippen molar-refractivity contribution in [2.24, 2.45) is 0 Å². The molecule has 0 spiro atoms. The Morgan fingerprint density at radius 1 is 1.26 bits per heavy atom. The summed E-state index contributed by atoms with van der Waals surface area (Å²) in [6.45, 7) is 2.21. The quantitative estimate of drug-likeness (QED) is 0.418. The lowest BCUT2D eigenvalue weighted by molar-refractivity contribution is 0.0601. The maximum absolute atomic E-state index is 11.6. The molecule has 0 bridgehead atoms. The molecule has 0 fully saturated rings. The first-order chi connectivity index (χ1) is 9.19. The van der Waals surface area contributed by atoms with Crippen molar-refractivity contribution < 1.29 is 19.0 Å². The number of hydrogen-bond donors (Lipinski definition) is 2. The summed E-state index contributed by atoms with van der Waals surface area (Å²) >= 11 is 0. The molecule has 1 aromatic carbocycles. The number of nitrogens with one attached hydrogen (secondary N) is 1. The lowest BCUT2D eigenvalue weighted by atomic mass is 10.1. The molecule has 3 N–H and O–H groups in total. The average Bonchev–Trinajstić information content (AvgIpc) is 2.43. The van der Waals surface area contributed by atoms with E-state index in [4.69, 9.17) is 19.9 Å². The van der Waals surface area contributed by atoms with Crippen LogP contribution in [0.5, 0.6) is 0 Å². The number of benzene rings is 1. The van der Waals surface area contributed by atoms with Gasteiger partial charge in [0.1, 0.15) is 0 Å². The maximum Gasteiger partial charge on any atom is 0.340 e. The van der Waals surface area contributed by atoms with Crippen LogP contribution in [0.4, 0.5) is 11.4 Å². The number of methoxy groups -OCH3 is 2. The third-order valence-electron chi connectivity index (χ3n) is 2.44. The molecule has 6 heteroatoms. The highest BCUT2D eigenvalue weighted by molar-refractivity contribution is 5.96. The molecule has 1 rings (SSSR count). The highest BCUT2D eigenvalue weighted by atomic mass is 16.5. The zero-order valence-corrected chi connectivity index (χ0v) is 11.3. The molecule has 0 heterocycles. The Hall–Kier alpha value is -1.79. The van der Waals surface area contributed by atoms with Crippen LogP contribution in [0.3, 0.4) is 0 Å². The molecular weight excluding hydrogens is 248 g/mol. The van der Waals surface area contributed by atoms with Gasteiger partial charge in [0.15, 0.2) is 0 Å². The molecule has 0 unspecified atom stereocenters. The van der Waals surface area contributed by atoms with E-state index >= 15 is 0 Å². The number of nitrogen functional groups attached to an aromatic ring is 1. The summed E-state index contributed by atoms with van der Waals surface area (Å²) in [5.74, 6) is -0.421. The Morgan fingerprint density at radius 2 is 2.05 bits per heavy atom. The van der Waals surface area contributed by atoms with E-state index in [2.05, 4.69) is 5.32 Å². The van der Waals surface area contributed by atoms with Crippen molar-refractivity contribution in [2.45, 2.75) is 0 Å². The summed E-state index contributed by atoms with van der Waals surface area (Å²) in [5.41, 5.74) is 7.26. The minimum atomic E-state index is -0.421. The minimum absolute atomic E-state index is 0.416. The molecule has 1 aromatic rings. The van der Waals surface area contributed by atoms with E-state index in [0.29, 0.717) is 43.3 Å². The second-order valence-electron chi connectivity index (χ2n) is 3.83. The summed E-state index contributed by atoms with van der Waals surface area (Å²) in [7, 11) is 2.96. The van der Waals surface area contributed by atoms with E-state index in [1.54, 1.807) is 25.3 Å². The van der Waals surface area contributed by atoms with Gasteiger partial charge in [0.2, 0.25) is 0 Å². The van der Waals surface area contributed by atoms with Crippen molar-refractivity contribution in [1.82, 2.24) is 0 Å². The van der Waals surface area contributed by atoms with E-state index in [0.717, 1.165) is 0 Å². The SMILES string of the molecule is COCCOCCNc1ccc(N)cc1C(=O)OC. The molecule has 0 saturated heterocycles. The summed E-state index contributed by atoms with van der Waals surface area (Å²) in [4.78, 5) is 11.6. The Bertz CT molecular complexity index is 410. The van der Waals surface area contributed by atoms with Crippen LogP contribution in [0.25, 0.3) is 0 Å². The second kappa shape index (κ2) is 8.34. The number of carbonyl (C=O) groups excluding carboxylic acids is 1. The number of hydrogen-bond acceptors (Lipinski definition) is 6. The van der Waals surface area contributed by atoms with Crippen LogP contribution < -0.4 is 11.1 Å². The first-order valence-corrected chi connectivity index (χ1v) is 5.97. The van der Waals surface area contributed by atoms with E-state index in [9.17, 15) is 4.79 Å². The van der Waals surface area contributed by atoms with E-state index in [1.165, 1.54) is 7.11 Å². The Labute approximate surface area is 112 Å². The van der Waals surface area contributed by atoms with Crippen molar-refractivity contribution in [3.05, 3.63) is 23.8 Å². The van der Waals surface area contributed by atoms with Gasteiger partial charge in [0.25, 0.3) is 0 Å². The average molecular weight is 268 g/mol. The Balaban J connectivity index is 2.50. The number of rotatable bonds is 8. The second-order valence-corrected chi connectivity index (χ2v) is 3.83. The molecule has 0 amide bonds. The van der Waals surface area contributed by atoms with Crippen molar-refractivity contribution in [3.63, 3.8) is 0 Å². The smallest absolute Gasteiger partial charge is 0.340 e. The van der Waals surface area contributed by atoms with Crippen molar-refractivity contribution >= 4 is 17.3 Å². The molecule has 0 aliphatic rings. The van der Waals surface area contributed by atoms with Gasteiger partial charge in [-0.05, 0) is 18.2 Å². The lowest BCUT2D eigenvalue weighted by Gasteiger charge is -2.11. The van der Waals surface area contributed by atoms with E-state index in [-0.39, 0.29) is 0 Å². The highest BCUT2D eigenvalue weighted by Crippen LogP contribution is 2.19. The molecule has 0 saturated carbocycles. The highest BCUT2D eigenvalue weighted by Gasteiger charge is 2.11. The van der Waals surface area contributed by atoms with Crippen LogP contribution in [-0.2, 0) is 14.2 Å². The van der Waals surface area contributed by atoms with Gasteiger partial charge in [-0.15, -0.1) is 0 Å².